The van der Waals surface area contributed by atoms with Gasteiger partial charge in [0.2, 0.25) is 11.8 Å². The van der Waals surface area contributed by atoms with Gasteiger partial charge in [-0.05, 0) is 65.4 Å². The van der Waals surface area contributed by atoms with Gasteiger partial charge in [-0.1, -0.05) is 56.1 Å². The van der Waals surface area contributed by atoms with Gasteiger partial charge in [0, 0.05) is 40.2 Å². The standard InChI is InChI=1S/C31H33Cl2FN4O3/c1-30(2,3)14-24-31(15-36-21-11-9-17(32)13-19(21)31)25(18-6-5-7-20(33)26(18)34)27(38-24)29(40)37-22-10-8-16(28(35)39)12-23(22)41-4/h5-13,24-25,27,36,38H,14-15H2,1-4H3,(H2,35,39)(H,37,40)/t24-,25-,27+,31-/m0/s1. The van der Waals surface area contributed by atoms with E-state index in [2.05, 4.69) is 36.7 Å². The summed E-state index contributed by atoms with van der Waals surface area (Å²) in [5, 5.41) is 10.6. The molecule has 3 aromatic carbocycles. The first-order valence-electron chi connectivity index (χ1n) is 13.4. The predicted octanol–water partition coefficient (Wildman–Crippen LogP) is 6.10. The zero-order valence-electron chi connectivity index (χ0n) is 23.3. The number of hydrogen-bond acceptors (Lipinski definition) is 5. The van der Waals surface area contributed by atoms with Crippen molar-refractivity contribution in [3.8, 4) is 5.75 Å². The number of primary amides is 1. The van der Waals surface area contributed by atoms with Gasteiger partial charge in [-0.15, -0.1) is 0 Å². The molecule has 1 saturated heterocycles. The molecule has 41 heavy (non-hydrogen) atoms. The molecule has 5 rings (SSSR count). The number of benzene rings is 3. The summed E-state index contributed by atoms with van der Waals surface area (Å²) in [4.78, 5) is 25.9. The maximum absolute atomic E-state index is 15.9. The van der Waals surface area contributed by atoms with E-state index < -0.39 is 29.1 Å². The minimum Gasteiger partial charge on any atom is -0.495 e. The van der Waals surface area contributed by atoms with E-state index in [0.29, 0.717) is 29.2 Å². The van der Waals surface area contributed by atoms with E-state index in [1.165, 1.54) is 25.3 Å². The molecule has 0 bridgehead atoms. The van der Waals surface area contributed by atoms with Crippen LogP contribution in [0, 0.1) is 11.2 Å². The highest BCUT2D eigenvalue weighted by atomic mass is 35.5. The van der Waals surface area contributed by atoms with Crippen LogP contribution < -0.4 is 26.4 Å². The van der Waals surface area contributed by atoms with Crippen LogP contribution in [0.2, 0.25) is 10.0 Å². The zero-order valence-corrected chi connectivity index (χ0v) is 24.8. The third kappa shape index (κ3) is 5.25. The molecule has 0 unspecified atom stereocenters. The lowest BCUT2D eigenvalue weighted by Crippen LogP contribution is -2.46. The Morgan fingerprint density at radius 3 is 2.59 bits per heavy atom. The molecule has 2 aliphatic heterocycles. The maximum atomic E-state index is 15.9. The first-order chi connectivity index (χ1) is 19.4. The number of nitrogens with two attached hydrogens (primary N) is 1. The van der Waals surface area contributed by atoms with Crippen LogP contribution in [0.5, 0.6) is 5.75 Å². The number of halogens is 3. The summed E-state index contributed by atoms with van der Waals surface area (Å²) in [7, 11) is 1.44. The molecule has 2 aliphatic rings. The Morgan fingerprint density at radius 2 is 1.90 bits per heavy atom. The summed E-state index contributed by atoms with van der Waals surface area (Å²) < 4.78 is 21.4. The number of ether oxygens (including phenoxy) is 1. The first kappa shape index (κ1) is 29.2. The van der Waals surface area contributed by atoms with Crippen molar-refractivity contribution in [3.63, 3.8) is 0 Å². The summed E-state index contributed by atoms with van der Waals surface area (Å²) in [5.74, 6) is -1.94. The second-order valence-electron chi connectivity index (χ2n) is 11.9. The van der Waals surface area contributed by atoms with E-state index in [0.717, 1.165) is 11.3 Å². The van der Waals surface area contributed by atoms with Crippen LogP contribution in [0.25, 0.3) is 0 Å². The molecule has 5 N–H and O–H groups in total. The number of amides is 2. The number of anilines is 2. The number of rotatable bonds is 6. The van der Waals surface area contributed by atoms with Crippen LogP contribution in [-0.2, 0) is 10.2 Å². The highest BCUT2D eigenvalue weighted by Crippen LogP contribution is 2.56. The van der Waals surface area contributed by atoms with Crippen LogP contribution in [-0.4, -0.2) is 37.6 Å². The Balaban J connectivity index is 1.67. The highest BCUT2D eigenvalue weighted by molar-refractivity contribution is 6.31. The lowest BCUT2D eigenvalue weighted by Gasteiger charge is -2.39. The Kier molecular flexibility index (Phi) is 7.70. The number of fused-ring (bicyclic) bond motifs is 2. The van der Waals surface area contributed by atoms with E-state index in [-0.39, 0.29) is 33.7 Å². The van der Waals surface area contributed by atoms with Crippen LogP contribution in [0.3, 0.4) is 0 Å². The fourth-order valence-electron chi connectivity index (χ4n) is 6.41. The summed E-state index contributed by atoms with van der Waals surface area (Å²) in [6.07, 6.45) is 0.694. The third-order valence-electron chi connectivity index (χ3n) is 8.10. The van der Waals surface area contributed by atoms with Gasteiger partial charge in [-0.3, -0.25) is 9.59 Å². The number of nitrogens with one attached hydrogen (secondary N) is 3. The molecule has 0 radical (unpaired) electrons. The van der Waals surface area contributed by atoms with Crippen molar-refractivity contribution in [1.82, 2.24) is 5.32 Å². The van der Waals surface area contributed by atoms with Gasteiger partial charge in [0.25, 0.3) is 0 Å². The van der Waals surface area contributed by atoms with E-state index in [1.54, 1.807) is 18.2 Å². The third-order valence-corrected chi connectivity index (χ3v) is 8.63. The molecule has 1 spiro atoms. The van der Waals surface area contributed by atoms with Crippen molar-refractivity contribution in [1.29, 1.82) is 0 Å². The van der Waals surface area contributed by atoms with E-state index in [1.807, 2.05) is 18.2 Å². The minimum absolute atomic E-state index is 0.0166. The summed E-state index contributed by atoms with van der Waals surface area (Å²) in [6.45, 7) is 6.87. The monoisotopic (exact) mass is 598 g/mol. The summed E-state index contributed by atoms with van der Waals surface area (Å²) >= 11 is 12.8. The lowest BCUT2D eigenvalue weighted by atomic mass is 9.63. The van der Waals surface area contributed by atoms with Gasteiger partial charge in [-0.25, -0.2) is 4.39 Å². The van der Waals surface area contributed by atoms with Gasteiger partial charge in [0.1, 0.15) is 11.6 Å². The Bertz CT molecular complexity index is 1530. The van der Waals surface area contributed by atoms with Crippen LogP contribution in [0.15, 0.2) is 54.6 Å². The van der Waals surface area contributed by atoms with Crippen molar-refractivity contribution < 1.29 is 18.7 Å². The first-order valence-corrected chi connectivity index (χ1v) is 14.1. The number of carbonyl (C=O) groups excluding carboxylic acids is 2. The molecule has 216 valence electrons. The second kappa shape index (κ2) is 10.8. The van der Waals surface area contributed by atoms with Gasteiger partial charge in [0.15, 0.2) is 0 Å². The van der Waals surface area contributed by atoms with Crippen molar-refractivity contribution in [2.24, 2.45) is 11.1 Å². The van der Waals surface area contributed by atoms with E-state index in [4.69, 9.17) is 33.7 Å². The highest BCUT2D eigenvalue weighted by Gasteiger charge is 2.61. The van der Waals surface area contributed by atoms with Gasteiger partial charge >= 0.3 is 0 Å². The molecule has 4 atom stereocenters. The van der Waals surface area contributed by atoms with Crippen LogP contribution >= 0.6 is 23.2 Å². The second-order valence-corrected chi connectivity index (χ2v) is 12.8. The molecule has 2 amide bonds. The van der Waals surface area contributed by atoms with Gasteiger partial charge in [0.05, 0.1) is 23.9 Å². The predicted molar refractivity (Wildman–Crippen MR) is 161 cm³/mol. The summed E-state index contributed by atoms with van der Waals surface area (Å²) in [6, 6.07) is 14.0. The molecule has 10 heteroatoms. The van der Waals surface area contributed by atoms with Crippen molar-refractivity contribution in [3.05, 3.63) is 87.2 Å². The number of methoxy groups -OCH3 is 1. The quantitative estimate of drug-likeness (QED) is 0.274. The largest absolute Gasteiger partial charge is 0.495 e. The molecule has 0 saturated carbocycles. The molecule has 1 fully saturated rings. The van der Waals surface area contributed by atoms with Crippen molar-refractivity contribution >= 4 is 46.4 Å². The molecule has 0 aliphatic carbocycles. The molecule has 7 nitrogen and oxygen atoms in total. The fourth-order valence-corrected chi connectivity index (χ4v) is 6.77. The van der Waals surface area contributed by atoms with E-state index >= 15 is 4.39 Å². The minimum atomic E-state index is -0.859. The topological polar surface area (TPSA) is 105 Å². The van der Waals surface area contributed by atoms with Crippen LogP contribution in [0.1, 0.15) is 54.6 Å². The number of hydrogen-bond donors (Lipinski definition) is 4. The van der Waals surface area contributed by atoms with Crippen LogP contribution in [0.4, 0.5) is 15.8 Å². The SMILES string of the molecule is COc1cc(C(N)=O)ccc1NC(=O)[C@@H]1N[C@@H](CC(C)(C)C)[C@@]2(CNc3ccc(Cl)cc32)[C@H]1c1cccc(Cl)c1F. The molecule has 0 aromatic heterocycles. The Hall–Kier alpha value is -3.33. The normalized spacial score (nSPS) is 23.2. The maximum Gasteiger partial charge on any atom is 0.248 e. The van der Waals surface area contributed by atoms with Crippen molar-refractivity contribution in [2.45, 2.75) is 50.6 Å². The zero-order chi connectivity index (χ0) is 29.7. The fraction of sp³-hybridized carbons (Fsp3) is 0.355. The van der Waals surface area contributed by atoms with Gasteiger partial charge in [-0.2, -0.15) is 0 Å². The average molecular weight is 600 g/mol. The Morgan fingerprint density at radius 1 is 1.15 bits per heavy atom. The Labute approximate surface area is 248 Å². The van der Waals surface area contributed by atoms with Gasteiger partial charge < -0.3 is 26.4 Å². The summed E-state index contributed by atoms with van der Waals surface area (Å²) in [5.41, 5.74) is 7.33. The molecule has 2 heterocycles. The molecular weight excluding hydrogens is 566 g/mol. The molecular formula is C31H33Cl2FN4O3. The van der Waals surface area contributed by atoms with Crippen molar-refractivity contribution in [2.75, 3.05) is 24.3 Å². The number of carbonyl (C=O) groups is 2. The lowest BCUT2D eigenvalue weighted by molar-refractivity contribution is -0.118. The van der Waals surface area contributed by atoms with E-state index in [9.17, 15) is 9.59 Å². The molecule has 3 aromatic rings. The smallest absolute Gasteiger partial charge is 0.248 e. The average Bonchev–Trinajstić information content (AvgIpc) is 3.43.